The summed E-state index contributed by atoms with van der Waals surface area (Å²) in [6.07, 6.45) is 1.66. The number of nitrogen functional groups attached to an aromatic ring is 1. The lowest BCUT2D eigenvalue weighted by molar-refractivity contribution is 0.0842. The normalized spacial score (nSPS) is 19.0. The summed E-state index contributed by atoms with van der Waals surface area (Å²) in [5.41, 5.74) is 5.86. The molecule has 1 saturated carbocycles. The summed E-state index contributed by atoms with van der Waals surface area (Å²) >= 11 is 0. The van der Waals surface area contributed by atoms with Crippen molar-refractivity contribution in [2.45, 2.75) is 25.4 Å². The van der Waals surface area contributed by atoms with Crippen LogP contribution >= 0.6 is 0 Å². The van der Waals surface area contributed by atoms with E-state index in [9.17, 15) is 14.4 Å². The second-order valence-corrected chi connectivity index (χ2v) is 8.28. The molecule has 3 aliphatic rings. The third-order valence-corrected chi connectivity index (χ3v) is 6.05. The molecule has 1 aromatic carbocycles. The average molecular weight is 427 g/mol. The number of aromatic amines is 1. The number of nitrogens with one attached hydrogen (secondary N) is 1. The quantitative estimate of drug-likeness (QED) is 0.626. The molecule has 1 saturated heterocycles. The highest BCUT2D eigenvalue weighted by Gasteiger charge is 2.30. The number of benzene rings is 1. The highest BCUT2D eigenvalue weighted by molar-refractivity contribution is 6.01. The standard InChI is InChI=1S/C21H25N5O5/c22-19-18(20(28)23-21(29)26(19)14-2-3-14)15(27)11-25-7-5-24(6-8-25)10-13-1-4-16-17(9-13)31-12-30-16/h1,4,9,14H,2-3,5-8,10-12,22H2,(H,23,28,29). The van der Waals surface area contributed by atoms with Crippen molar-refractivity contribution in [2.24, 2.45) is 0 Å². The molecular formula is C21H25N5O5. The predicted octanol–water partition coefficient (Wildman–Crippen LogP) is 0.183. The van der Waals surface area contributed by atoms with Crippen molar-refractivity contribution >= 4 is 11.6 Å². The maximum atomic E-state index is 12.8. The monoisotopic (exact) mass is 427 g/mol. The van der Waals surface area contributed by atoms with Gasteiger partial charge in [0.2, 0.25) is 6.79 Å². The highest BCUT2D eigenvalue weighted by Crippen LogP contribution is 2.35. The second kappa shape index (κ2) is 7.86. The summed E-state index contributed by atoms with van der Waals surface area (Å²) in [5, 5.41) is 0. The Balaban J connectivity index is 1.20. The smallest absolute Gasteiger partial charge is 0.330 e. The largest absolute Gasteiger partial charge is 0.454 e. The molecule has 0 bridgehead atoms. The van der Waals surface area contributed by atoms with Gasteiger partial charge in [-0.05, 0) is 30.5 Å². The Bertz CT molecular complexity index is 1130. The maximum absolute atomic E-state index is 12.8. The molecule has 1 aromatic heterocycles. The minimum atomic E-state index is -0.703. The number of carbonyl (C=O) groups is 1. The Kier molecular flexibility index (Phi) is 5.03. The zero-order valence-corrected chi connectivity index (χ0v) is 17.1. The SMILES string of the molecule is Nc1c(C(=O)CN2CCN(Cc3ccc4c(c3)OCO4)CC2)c(=O)[nH]c(=O)n1C1CC1. The van der Waals surface area contributed by atoms with Crippen LogP contribution in [-0.2, 0) is 6.54 Å². The van der Waals surface area contributed by atoms with Gasteiger partial charge in [-0.2, -0.15) is 0 Å². The van der Waals surface area contributed by atoms with E-state index in [2.05, 4.69) is 9.88 Å². The van der Waals surface area contributed by atoms with E-state index in [0.717, 1.165) is 49.5 Å². The van der Waals surface area contributed by atoms with Crippen LogP contribution in [0.3, 0.4) is 0 Å². The number of hydrogen-bond donors (Lipinski definition) is 2. The van der Waals surface area contributed by atoms with Crippen LogP contribution in [0, 0.1) is 0 Å². The summed E-state index contributed by atoms with van der Waals surface area (Å²) in [6, 6.07) is 5.95. The number of nitrogens with zero attached hydrogens (tertiary/aromatic N) is 3. The first-order chi connectivity index (χ1) is 15.0. The van der Waals surface area contributed by atoms with Crippen LogP contribution in [0.2, 0.25) is 0 Å². The van der Waals surface area contributed by atoms with Gasteiger partial charge in [0.25, 0.3) is 5.56 Å². The Hall–Kier alpha value is -3.11. The molecule has 0 radical (unpaired) electrons. The van der Waals surface area contributed by atoms with Gasteiger partial charge in [-0.25, -0.2) is 4.79 Å². The number of ketones is 1. The van der Waals surface area contributed by atoms with Gasteiger partial charge in [-0.15, -0.1) is 0 Å². The molecular weight excluding hydrogens is 402 g/mol. The van der Waals surface area contributed by atoms with Gasteiger partial charge in [0.15, 0.2) is 17.3 Å². The fraction of sp³-hybridized carbons (Fsp3) is 0.476. The summed E-state index contributed by atoms with van der Waals surface area (Å²) in [4.78, 5) is 43.7. The number of H-pyrrole nitrogens is 1. The predicted molar refractivity (Wildman–Crippen MR) is 113 cm³/mol. The van der Waals surface area contributed by atoms with Crippen LogP contribution in [0.4, 0.5) is 5.82 Å². The first-order valence-corrected chi connectivity index (χ1v) is 10.5. The number of Topliss-reactive ketones (excluding diaryl/α,β-unsaturated/α-hetero) is 1. The number of anilines is 1. The molecule has 10 heteroatoms. The van der Waals surface area contributed by atoms with Crippen LogP contribution in [0.1, 0.15) is 34.8 Å². The summed E-state index contributed by atoms with van der Waals surface area (Å²) in [6.45, 7) is 4.17. The Morgan fingerprint density at radius 3 is 2.52 bits per heavy atom. The van der Waals surface area contributed by atoms with Gasteiger partial charge in [-0.1, -0.05) is 6.07 Å². The molecule has 3 N–H and O–H groups in total. The van der Waals surface area contributed by atoms with E-state index < -0.39 is 11.2 Å². The molecule has 164 valence electrons. The van der Waals surface area contributed by atoms with Gasteiger partial charge < -0.3 is 15.2 Å². The molecule has 5 rings (SSSR count). The van der Waals surface area contributed by atoms with E-state index in [1.54, 1.807) is 0 Å². The lowest BCUT2D eigenvalue weighted by Crippen LogP contribution is -2.48. The Labute approximate surface area is 178 Å². The van der Waals surface area contributed by atoms with Crippen molar-refractivity contribution < 1.29 is 14.3 Å². The highest BCUT2D eigenvalue weighted by atomic mass is 16.7. The fourth-order valence-corrected chi connectivity index (χ4v) is 4.22. The summed E-state index contributed by atoms with van der Waals surface area (Å²) in [5.74, 6) is 1.19. The summed E-state index contributed by atoms with van der Waals surface area (Å²) < 4.78 is 12.1. The fourth-order valence-electron chi connectivity index (χ4n) is 4.22. The maximum Gasteiger partial charge on any atom is 0.330 e. The van der Waals surface area contributed by atoms with E-state index >= 15 is 0 Å². The van der Waals surface area contributed by atoms with Crippen molar-refractivity contribution in [3.05, 3.63) is 50.2 Å². The van der Waals surface area contributed by atoms with Crippen molar-refractivity contribution in [3.8, 4) is 11.5 Å². The summed E-state index contributed by atoms with van der Waals surface area (Å²) in [7, 11) is 0. The van der Waals surface area contributed by atoms with Crippen LogP contribution < -0.4 is 26.5 Å². The third-order valence-electron chi connectivity index (χ3n) is 6.05. The molecule has 0 amide bonds. The molecule has 0 spiro atoms. The van der Waals surface area contributed by atoms with Crippen molar-refractivity contribution in [2.75, 3.05) is 45.3 Å². The third kappa shape index (κ3) is 3.96. The molecule has 1 aliphatic carbocycles. The number of ether oxygens (including phenoxy) is 2. The van der Waals surface area contributed by atoms with Gasteiger partial charge in [-0.3, -0.25) is 28.9 Å². The first kappa shape index (κ1) is 19.8. The Morgan fingerprint density at radius 1 is 1.06 bits per heavy atom. The topological polar surface area (TPSA) is 123 Å². The van der Waals surface area contributed by atoms with Gasteiger partial charge in [0, 0.05) is 38.8 Å². The number of rotatable bonds is 6. The zero-order chi connectivity index (χ0) is 21.5. The average Bonchev–Trinajstić information content (AvgIpc) is 3.45. The Morgan fingerprint density at radius 2 is 1.77 bits per heavy atom. The van der Waals surface area contributed by atoms with Crippen molar-refractivity contribution in [3.63, 3.8) is 0 Å². The molecule has 0 atom stereocenters. The number of nitrogens with two attached hydrogens (primary N) is 1. The molecule has 31 heavy (non-hydrogen) atoms. The minimum Gasteiger partial charge on any atom is -0.454 e. The zero-order valence-electron chi connectivity index (χ0n) is 17.1. The van der Waals surface area contributed by atoms with Crippen LogP contribution in [0.15, 0.2) is 27.8 Å². The first-order valence-electron chi connectivity index (χ1n) is 10.5. The van der Waals surface area contributed by atoms with E-state index in [-0.39, 0.29) is 36.5 Å². The van der Waals surface area contributed by atoms with Crippen molar-refractivity contribution in [1.82, 2.24) is 19.4 Å². The van der Waals surface area contributed by atoms with E-state index in [1.165, 1.54) is 4.57 Å². The number of hydrogen-bond acceptors (Lipinski definition) is 8. The van der Waals surface area contributed by atoms with Crippen LogP contribution in [0.25, 0.3) is 0 Å². The van der Waals surface area contributed by atoms with Crippen LogP contribution in [-0.4, -0.2) is 64.7 Å². The van der Waals surface area contributed by atoms with Crippen molar-refractivity contribution in [1.29, 1.82) is 0 Å². The lowest BCUT2D eigenvalue weighted by Gasteiger charge is -2.34. The molecule has 2 aliphatic heterocycles. The number of aromatic nitrogens is 2. The number of fused-ring (bicyclic) bond motifs is 1. The number of carbonyl (C=O) groups excluding carboxylic acids is 1. The molecule has 2 aromatic rings. The van der Waals surface area contributed by atoms with Gasteiger partial charge >= 0.3 is 5.69 Å². The molecule has 2 fully saturated rings. The number of piperazine rings is 1. The van der Waals surface area contributed by atoms with E-state index in [4.69, 9.17) is 15.2 Å². The molecule has 0 unspecified atom stereocenters. The van der Waals surface area contributed by atoms with E-state index in [1.807, 2.05) is 23.1 Å². The molecule has 10 nitrogen and oxygen atoms in total. The molecule has 3 heterocycles. The van der Waals surface area contributed by atoms with E-state index in [0.29, 0.717) is 13.1 Å². The lowest BCUT2D eigenvalue weighted by atomic mass is 10.1. The minimum absolute atomic E-state index is 0.0114. The second-order valence-electron chi connectivity index (χ2n) is 8.28. The van der Waals surface area contributed by atoms with Gasteiger partial charge in [0.05, 0.1) is 6.54 Å². The van der Waals surface area contributed by atoms with Crippen LogP contribution in [0.5, 0.6) is 11.5 Å². The van der Waals surface area contributed by atoms with Gasteiger partial charge in [0.1, 0.15) is 11.4 Å².